The Morgan fingerprint density at radius 1 is 1.34 bits per heavy atom. The summed E-state index contributed by atoms with van der Waals surface area (Å²) in [6.45, 7) is 0.563. The van der Waals surface area contributed by atoms with Crippen molar-refractivity contribution in [3.8, 4) is 0 Å². The molecule has 0 radical (unpaired) electrons. The minimum atomic E-state index is -0.736. The first-order chi connectivity index (χ1) is 14.0. The third-order valence-electron chi connectivity index (χ3n) is 4.81. The minimum absolute atomic E-state index is 0.104. The number of nitrogens with two attached hydrogens (primary N) is 1. The van der Waals surface area contributed by atoms with Crippen molar-refractivity contribution in [3.05, 3.63) is 69.5 Å². The number of carbonyl (C=O) groups excluding carboxylic acids is 2. The summed E-state index contributed by atoms with van der Waals surface area (Å²) in [7, 11) is 0. The van der Waals surface area contributed by atoms with E-state index in [0.717, 1.165) is 19.3 Å². The summed E-state index contributed by atoms with van der Waals surface area (Å²) in [6, 6.07) is 6.02. The highest BCUT2D eigenvalue weighted by Crippen LogP contribution is 2.43. The van der Waals surface area contributed by atoms with Gasteiger partial charge in [0, 0.05) is 41.7 Å². The highest BCUT2D eigenvalue weighted by molar-refractivity contribution is 9.09. The van der Waals surface area contributed by atoms with Gasteiger partial charge in [0.15, 0.2) is 0 Å². The predicted molar refractivity (Wildman–Crippen MR) is 113 cm³/mol. The van der Waals surface area contributed by atoms with E-state index < -0.39 is 10.8 Å². The number of hydrogen-bond donors (Lipinski definition) is 1. The minimum Gasteiger partial charge on any atom is -0.366 e. The fourth-order valence-corrected chi connectivity index (χ4v) is 4.29. The summed E-state index contributed by atoms with van der Waals surface area (Å²) >= 11 is 3.60. The molecule has 0 bridgehead atoms. The molecule has 0 aliphatic carbocycles. The van der Waals surface area contributed by atoms with Crippen molar-refractivity contribution >= 4 is 45.1 Å². The van der Waals surface area contributed by atoms with E-state index in [9.17, 15) is 19.7 Å². The normalized spacial score (nSPS) is 17.1. The van der Waals surface area contributed by atoms with Gasteiger partial charge in [0.05, 0.1) is 9.87 Å². The molecule has 150 valence electrons. The quantitative estimate of drug-likeness (QED) is 0.177. The van der Waals surface area contributed by atoms with Gasteiger partial charge in [-0.1, -0.05) is 22.0 Å². The third kappa shape index (κ3) is 4.19. The Bertz CT molecular complexity index is 978. The number of nitro groups is 1. The Labute approximate surface area is 175 Å². The maximum Gasteiger partial charge on any atom is 0.293 e. The van der Waals surface area contributed by atoms with E-state index in [4.69, 9.17) is 5.73 Å². The molecule has 8 nitrogen and oxygen atoms in total. The second kappa shape index (κ2) is 8.95. The average Bonchev–Trinajstić information content (AvgIpc) is 2.72. The summed E-state index contributed by atoms with van der Waals surface area (Å²) in [6.07, 6.45) is 7.58. The van der Waals surface area contributed by atoms with Crippen molar-refractivity contribution in [1.82, 2.24) is 4.98 Å². The Kier molecular flexibility index (Phi) is 6.38. The third-order valence-corrected chi connectivity index (χ3v) is 5.76. The molecule has 1 aromatic carbocycles. The number of alkyl halides is 1. The number of pyridine rings is 1. The van der Waals surface area contributed by atoms with Crippen LogP contribution in [0.25, 0.3) is 5.57 Å². The Morgan fingerprint density at radius 2 is 2.14 bits per heavy atom. The summed E-state index contributed by atoms with van der Waals surface area (Å²) < 4.78 is 0. The topological polar surface area (TPSA) is 119 Å². The van der Waals surface area contributed by atoms with Gasteiger partial charge >= 0.3 is 0 Å². The number of aldehydes is 1. The van der Waals surface area contributed by atoms with Crippen LogP contribution in [0.1, 0.15) is 40.7 Å². The first-order valence-electron chi connectivity index (χ1n) is 9.03. The largest absolute Gasteiger partial charge is 0.366 e. The van der Waals surface area contributed by atoms with Crippen LogP contribution >= 0.6 is 15.9 Å². The number of anilines is 1. The van der Waals surface area contributed by atoms with Gasteiger partial charge in [-0.05, 0) is 43.0 Å². The molecular formula is C20H19BrN4O4. The lowest BCUT2D eigenvalue weighted by molar-refractivity contribution is -0.384. The number of allylic oxidation sites excluding steroid dienone is 1. The first-order valence-corrected chi connectivity index (χ1v) is 9.95. The standard InChI is InChI=1S/C20H19BrN4O4/c21-17-5-1-2-10-24(17)19-16(25(28)29)7-6-15(20(22)27)18(19)14(8-11-26)13-4-3-9-23-12-13/h3-4,6-9,11-12,17H,1-2,5,10H2,(H2,22,27). The van der Waals surface area contributed by atoms with Gasteiger partial charge in [-0.25, -0.2) is 0 Å². The molecule has 1 amide bonds. The number of hydrogen-bond acceptors (Lipinski definition) is 6. The molecule has 2 N–H and O–H groups in total. The fourth-order valence-electron chi connectivity index (χ4n) is 3.55. The van der Waals surface area contributed by atoms with Crippen LogP contribution < -0.4 is 10.6 Å². The highest BCUT2D eigenvalue weighted by Gasteiger charge is 2.33. The lowest BCUT2D eigenvalue weighted by atomic mass is 9.90. The predicted octanol–water partition coefficient (Wildman–Crippen LogP) is 3.43. The van der Waals surface area contributed by atoms with Crippen molar-refractivity contribution in [2.24, 2.45) is 5.73 Å². The number of aromatic nitrogens is 1. The zero-order valence-corrected chi connectivity index (χ0v) is 17.0. The number of piperidine rings is 1. The van der Waals surface area contributed by atoms with Crippen LogP contribution in [0, 0.1) is 10.1 Å². The van der Waals surface area contributed by atoms with E-state index in [0.29, 0.717) is 24.0 Å². The summed E-state index contributed by atoms with van der Waals surface area (Å²) in [5.41, 5.74) is 7.00. The Balaban J connectivity index is 2.40. The summed E-state index contributed by atoms with van der Waals surface area (Å²) in [4.78, 5) is 40.9. The van der Waals surface area contributed by atoms with Gasteiger partial charge in [0.1, 0.15) is 12.0 Å². The van der Waals surface area contributed by atoms with E-state index >= 15 is 0 Å². The number of amides is 1. The van der Waals surface area contributed by atoms with Crippen LogP contribution in [-0.4, -0.2) is 33.6 Å². The van der Waals surface area contributed by atoms with Gasteiger partial charge in [-0.15, -0.1) is 0 Å². The number of carbonyl (C=O) groups is 2. The Morgan fingerprint density at radius 3 is 2.72 bits per heavy atom. The lowest BCUT2D eigenvalue weighted by Crippen LogP contribution is -2.37. The zero-order chi connectivity index (χ0) is 21.0. The van der Waals surface area contributed by atoms with Gasteiger partial charge in [-0.2, -0.15) is 0 Å². The number of primary amides is 1. The maximum atomic E-state index is 12.3. The van der Waals surface area contributed by atoms with Gasteiger partial charge in [0.25, 0.3) is 5.69 Å². The average molecular weight is 459 g/mol. The van der Waals surface area contributed by atoms with Gasteiger partial charge < -0.3 is 10.6 Å². The van der Waals surface area contributed by atoms with E-state index in [-0.39, 0.29) is 27.5 Å². The smallest absolute Gasteiger partial charge is 0.293 e. The van der Waals surface area contributed by atoms with Crippen LogP contribution in [0.3, 0.4) is 0 Å². The molecule has 9 heteroatoms. The van der Waals surface area contributed by atoms with Crippen LogP contribution in [0.2, 0.25) is 0 Å². The number of benzene rings is 1. The molecule has 1 atom stereocenters. The molecule has 1 aromatic heterocycles. The van der Waals surface area contributed by atoms with Crippen LogP contribution in [-0.2, 0) is 4.79 Å². The zero-order valence-electron chi connectivity index (χ0n) is 15.5. The van der Waals surface area contributed by atoms with Crippen molar-refractivity contribution in [3.63, 3.8) is 0 Å². The Hall–Kier alpha value is -3.07. The number of nitro benzene ring substituents is 1. The van der Waals surface area contributed by atoms with Gasteiger partial charge in [-0.3, -0.25) is 24.7 Å². The molecule has 0 spiro atoms. The molecule has 1 aliphatic rings. The molecule has 1 aliphatic heterocycles. The van der Waals surface area contributed by atoms with Crippen molar-refractivity contribution in [2.45, 2.75) is 24.2 Å². The molecule has 0 saturated carbocycles. The number of halogens is 1. The maximum absolute atomic E-state index is 12.3. The SMILES string of the molecule is NC(=O)c1ccc([N+](=O)[O-])c(N2CCCCC2Br)c1C(=CC=O)c1cccnc1. The number of rotatable bonds is 6. The first kappa shape index (κ1) is 20.7. The molecule has 3 rings (SSSR count). The fraction of sp³-hybridized carbons (Fsp3) is 0.250. The van der Waals surface area contributed by atoms with Crippen LogP contribution in [0.5, 0.6) is 0 Å². The van der Waals surface area contributed by atoms with E-state index in [1.54, 1.807) is 18.3 Å². The molecule has 29 heavy (non-hydrogen) atoms. The second-order valence-electron chi connectivity index (χ2n) is 6.56. The molecule has 2 heterocycles. The monoisotopic (exact) mass is 458 g/mol. The highest BCUT2D eigenvalue weighted by atomic mass is 79.9. The van der Waals surface area contributed by atoms with E-state index in [1.807, 2.05) is 4.90 Å². The van der Waals surface area contributed by atoms with E-state index in [2.05, 4.69) is 20.9 Å². The molecule has 1 fully saturated rings. The second-order valence-corrected chi connectivity index (χ2v) is 7.62. The van der Waals surface area contributed by atoms with Crippen molar-refractivity contribution in [1.29, 1.82) is 0 Å². The van der Waals surface area contributed by atoms with Gasteiger partial charge in [0.2, 0.25) is 5.91 Å². The van der Waals surface area contributed by atoms with Crippen LogP contribution in [0.15, 0.2) is 42.7 Å². The number of nitrogens with zero attached hydrogens (tertiary/aromatic N) is 3. The van der Waals surface area contributed by atoms with Crippen molar-refractivity contribution < 1.29 is 14.5 Å². The molecule has 2 aromatic rings. The van der Waals surface area contributed by atoms with Crippen molar-refractivity contribution in [2.75, 3.05) is 11.4 Å². The lowest BCUT2D eigenvalue weighted by Gasteiger charge is -2.35. The molecule has 1 unspecified atom stereocenters. The van der Waals surface area contributed by atoms with E-state index in [1.165, 1.54) is 24.4 Å². The molecule has 1 saturated heterocycles. The summed E-state index contributed by atoms with van der Waals surface area (Å²) in [5.74, 6) is -0.736. The van der Waals surface area contributed by atoms with Crippen LogP contribution in [0.4, 0.5) is 11.4 Å². The summed E-state index contributed by atoms with van der Waals surface area (Å²) in [5, 5.41) is 11.9. The molecular weight excluding hydrogens is 440 g/mol.